The van der Waals surface area contributed by atoms with Crippen LogP contribution < -0.4 is 5.73 Å². The second-order valence-electron chi connectivity index (χ2n) is 3.70. The molecule has 0 aliphatic heterocycles. The van der Waals surface area contributed by atoms with Crippen molar-refractivity contribution in [2.24, 2.45) is 0 Å². The van der Waals surface area contributed by atoms with Crippen molar-refractivity contribution in [2.45, 2.75) is 12.7 Å². The molecule has 0 saturated carbocycles. The first kappa shape index (κ1) is 12.8. The maximum Gasteiger partial charge on any atom is 0.435 e. The third-order valence-electron chi connectivity index (χ3n) is 2.38. The van der Waals surface area contributed by atoms with Crippen LogP contribution in [0.25, 0.3) is 0 Å². The van der Waals surface area contributed by atoms with Gasteiger partial charge in [-0.3, -0.25) is 0 Å². The molecule has 2 rings (SSSR count). The van der Waals surface area contributed by atoms with Crippen LogP contribution in [0.3, 0.4) is 0 Å². The van der Waals surface area contributed by atoms with Crippen molar-refractivity contribution < 1.29 is 13.2 Å². The SMILES string of the molecule is Nc1cc(C(F)(F)F)nn1Cc1ccccc1Cl. The monoisotopic (exact) mass is 275 g/mol. The van der Waals surface area contributed by atoms with Crippen LogP contribution in [0.4, 0.5) is 19.0 Å². The first-order valence-electron chi connectivity index (χ1n) is 5.02. The summed E-state index contributed by atoms with van der Waals surface area (Å²) < 4.78 is 38.4. The fourth-order valence-electron chi connectivity index (χ4n) is 1.48. The minimum absolute atomic E-state index is 0.0535. The minimum atomic E-state index is -4.50. The number of nitrogen functional groups attached to an aromatic ring is 1. The first-order chi connectivity index (χ1) is 8.38. The molecule has 3 nitrogen and oxygen atoms in total. The van der Waals surface area contributed by atoms with E-state index < -0.39 is 11.9 Å². The maximum atomic E-state index is 12.4. The molecule has 0 radical (unpaired) electrons. The van der Waals surface area contributed by atoms with Crippen LogP contribution in [0, 0.1) is 0 Å². The Kier molecular flexibility index (Phi) is 3.21. The number of rotatable bonds is 2. The Bertz CT molecular complexity index is 563. The highest BCUT2D eigenvalue weighted by Crippen LogP contribution is 2.29. The van der Waals surface area contributed by atoms with Gasteiger partial charge in [0.2, 0.25) is 0 Å². The summed E-state index contributed by atoms with van der Waals surface area (Å²) in [6, 6.07) is 7.64. The van der Waals surface area contributed by atoms with Crippen LogP contribution in [0.2, 0.25) is 5.02 Å². The molecule has 0 aliphatic rings. The lowest BCUT2D eigenvalue weighted by atomic mass is 10.2. The summed E-state index contributed by atoms with van der Waals surface area (Å²) in [7, 11) is 0. The van der Waals surface area contributed by atoms with E-state index in [1.165, 1.54) is 0 Å². The highest BCUT2D eigenvalue weighted by Gasteiger charge is 2.34. The predicted octanol–water partition coefficient (Wildman–Crippen LogP) is 3.19. The van der Waals surface area contributed by atoms with Gasteiger partial charge in [0.15, 0.2) is 5.69 Å². The molecule has 1 aromatic heterocycles. The molecule has 1 heterocycles. The van der Waals surface area contributed by atoms with E-state index >= 15 is 0 Å². The summed E-state index contributed by atoms with van der Waals surface area (Å²) in [4.78, 5) is 0. The highest BCUT2D eigenvalue weighted by molar-refractivity contribution is 6.31. The van der Waals surface area contributed by atoms with E-state index in [1.807, 2.05) is 0 Å². The van der Waals surface area contributed by atoms with Gasteiger partial charge in [-0.1, -0.05) is 29.8 Å². The number of hydrogen-bond acceptors (Lipinski definition) is 2. The van der Waals surface area contributed by atoms with Gasteiger partial charge in [-0.05, 0) is 11.6 Å². The molecule has 96 valence electrons. The number of hydrogen-bond donors (Lipinski definition) is 1. The minimum Gasteiger partial charge on any atom is -0.384 e. The summed E-state index contributed by atoms with van der Waals surface area (Å²) in [6.45, 7) is 0.0988. The van der Waals surface area contributed by atoms with Gasteiger partial charge in [0.1, 0.15) is 5.82 Å². The van der Waals surface area contributed by atoms with Gasteiger partial charge in [0.05, 0.1) is 6.54 Å². The van der Waals surface area contributed by atoms with Crippen LogP contribution in [0.5, 0.6) is 0 Å². The number of aromatic nitrogens is 2. The Morgan fingerprint density at radius 3 is 2.50 bits per heavy atom. The summed E-state index contributed by atoms with van der Waals surface area (Å²) in [5, 5.41) is 3.88. The van der Waals surface area contributed by atoms with E-state index in [2.05, 4.69) is 5.10 Å². The zero-order chi connectivity index (χ0) is 13.3. The Morgan fingerprint density at radius 1 is 1.28 bits per heavy atom. The van der Waals surface area contributed by atoms with Crippen LogP contribution in [-0.4, -0.2) is 9.78 Å². The molecule has 0 saturated heterocycles. The topological polar surface area (TPSA) is 43.8 Å². The molecular formula is C11H9ClF3N3. The normalized spacial score (nSPS) is 11.8. The van der Waals surface area contributed by atoms with E-state index in [4.69, 9.17) is 17.3 Å². The van der Waals surface area contributed by atoms with Crippen LogP contribution in [0.15, 0.2) is 30.3 Å². The lowest BCUT2D eigenvalue weighted by Gasteiger charge is -2.06. The van der Waals surface area contributed by atoms with E-state index in [1.54, 1.807) is 24.3 Å². The second-order valence-corrected chi connectivity index (χ2v) is 4.11. The Morgan fingerprint density at radius 2 is 1.94 bits per heavy atom. The predicted molar refractivity (Wildman–Crippen MR) is 62.2 cm³/mol. The average molecular weight is 276 g/mol. The van der Waals surface area contributed by atoms with Gasteiger partial charge in [0.25, 0.3) is 0 Å². The molecule has 7 heteroatoms. The fraction of sp³-hybridized carbons (Fsp3) is 0.182. The van der Waals surface area contributed by atoms with Crippen LogP contribution >= 0.6 is 11.6 Å². The Balaban J connectivity index is 2.31. The molecule has 0 bridgehead atoms. The standard InChI is InChI=1S/C11H9ClF3N3/c12-8-4-2-1-3-7(8)6-18-10(16)5-9(17-18)11(13,14)15/h1-5H,6,16H2. The summed E-state index contributed by atoms with van der Waals surface area (Å²) >= 11 is 5.92. The van der Waals surface area contributed by atoms with Crippen molar-refractivity contribution in [2.75, 3.05) is 5.73 Å². The molecular weight excluding hydrogens is 267 g/mol. The van der Waals surface area contributed by atoms with Crippen molar-refractivity contribution in [3.05, 3.63) is 46.6 Å². The largest absolute Gasteiger partial charge is 0.435 e. The zero-order valence-electron chi connectivity index (χ0n) is 9.08. The summed E-state index contributed by atoms with van der Waals surface area (Å²) in [6.07, 6.45) is -4.50. The highest BCUT2D eigenvalue weighted by atomic mass is 35.5. The Labute approximate surface area is 106 Å². The average Bonchev–Trinajstić information content (AvgIpc) is 2.63. The molecule has 2 aromatic rings. The van der Waals surface area contributed by atoms with Gasteiger partial charge < -0.3 is 5.73 Å². The lowest BCUT2D eigenvalue weighted by Crippen LogP contribution is -2.09. The number of anilines is 1. The maximum absolute atomic E-state index is 12.4. The Hall–Kier alpha value is -1.69. The van der Waals surface area contributed by atoms with E-state index in [-0.39, 0.29) is 12.4 Å². The smallest absolute Gasteiger partial charge is 0.384 e. The van der Waals surface area contributed by atoms with E-state index in [0.29, 0.717) is 10.6 Å². The molecule has 0 aliphatic carbocycles. The van der Waals surface area contributed by atoms with Crippen molar-refractivity contribution in [1.29, 1.82) is 0 Å². The molecule has 1 aromatic carbocycles. The fourth-order valence-corrected chi connectivity index (χ4v) is 1.68. The van der Waals surface area contributed by atoms with Crippen molar-refractivity contribution in [3.63, 3.8) is 0 Å². The van der Waals surface area contributed by atoms with E-state index in [9.17, 15) is 13.2 Å². The number of halogens is 4. The van der Waals surface area contributed by atoms with Crippen molar-refractivity contribution in [1.82, 2.24) is 9.78 Å². The number of nitrogens with two attached hydrogens (primary N) is 1. The quantitative estimate of drug-likeness (QED) is 0.915. The van der Waals surface area contributed by atoms with E-state index in [0.717, 1.165) is 10.7 Å². The summed E-state index contributed by atoms with van der Waals surface area (Å²) in [5.74, 6) is -0.0535. The van der Waals surface area contributed by atoms with Crippen molar-refractivity contribution >= 4 is 17.4 Å². The second kappa shape index (κ2) is 4.53. The van der Waals surface area contributed by atoms with Gasteiger partial charge >= 0.3 is 6.18 Å². The van der Waals surface area contributed by atoms with Gasteiger partial charge in [-0.15, -0.1) is 0 Å². The molecule has 0 spiro atoms. The van der Waals surface area contributed by atoms with Gasteiger partial charge in [-0.25, -0.2) is 4.68 Å². The number of benzene rings is 1. The van der Waals surface area contributed by atoms with Crippen LogP contribution in [0.1, 0.15) is 11.3 Å². The molecule has 0 unspecified atom stereocenters. The number of alkyl halides is 3. The van der Waals surface area contributed by atoms with Gasteiger partial charge in [0, 0.05) is 11.1 Å². The van der Waals surface area contributed by atoms with Crippen LogP contribution in [-0.2, 0) is 12.7 Å². The third-order valence-corrected chi connectivity index (χ3v) is 2.75. The lowest BCUT2D eigenvalue weighted by molar-refractivity contribution is -0.141. The molecule has 0 atom stereocenters. The molecule has 18 heavy (non-hydrogen) atoms. The summed E-state index contributed by atoms with van der Waals surface area (Å²) in [5.41, 5.74) is 5.14. The van der Waals surface area contributed by atoms with Gasteiger partial charge in [-0.2, -0.15) is 18.3 Å². The molecule has 0 amide bonds. The third kappa shape index (κ3) is 2.59. The molecule has 2 N–H and O–H groups in total. The number of nitrogens with zero attached hydrogens (tertiary/aromatic N) is 2. The molecule has 0 fully saturated rings. The first-order valence-corrected chi connectivity index (χ1v) is 5.39. The van der Waals surface area contributed by atoms with Crippen molar-refractivity contribution in [3.8, 4) is 0 Å². The zero-order valence-corrected chi connectivity index (χ0v) is 9.83.